The summed E-state index contributed by atoms with van der Waals surface area (Å²) in [7, 11) is 0. The number of hydrogen-bond donors (Lipinski definition) is 6. The predicted molar refractivity (Wildman–Crippen MR) is 107 cm³/mol. The lowest BCUT2D eigenvalue weighted by atomic mass is 10.0. The van der Waals surface area contributed by atoms with Crippen LogP contribution in [-0.2, 0) is 19.2 Å². The Morgan fingerprint density at radius 3 is 2.30 bits per heavy atom. The zero-order valence-electron chi connectivity index (χ0n) is 15.4. The Hall–Kier alpha value is -1.46. The molecule has 0 bridgehead atoms. The molecule has 0 aromatic carbocycles. The zero-order valence-corrected chi connectivity index (χ0v) is 17.2. The molecule has 1 aliphatic heterocycles. The van der Waals surface area contributed by atoms with Gasteiger partial charge >= 0.3 is 5.97 Å². The molecule has 0 aliphatic carbocycles. The SMILES string of the molecule is CC(C)C(NC(=O)C1CCCN1C(=O)C(CS)NC(=O)C(N)CS)C(=O)O. The molecular formula is C16H28N4O5S2. The average molecular weight is 421 g/mol. The van der Waals surface area contributed by atoms with Crippen molar-refractivity contribution in [1.82, 2.24) is 15.5 Å². The molecule has 1 saturated heterocycles. The molecule has 27 heavy (non-hydrogen) atoms. The highest BCUT2D eigenvalue weighted by molar-refractivity contribution is 7.80. The van der Waals surface area contributed by atoms with Crippen molar-refractivity contribution in [3.8, 4) is 0 Å². The molecule has 1 aliphatic rings. The number of carbonyl (C=O) groups is 4. The van der Waals surface area contributed by atoms with Gasteiger partial charge in [0, 0.05) is 18.1 Å². The van der Waals surface area contributed by atoms with Crippen LogP contribution < -0.4 is 16.4 Å². The second kappa shape index (κ2) is 10.8. The fourth-order valence-electron chi connectivity index (χ4n) is 2.81. The highest BCUT2D eigenvalue weighted by atomic mass is 32.1. The van der Waals surface area contributed by atoms with Gasteiger partial charge in [-0.25, -0.2) is 4.79 Å². The molecule has 4 unspecified atom stereocenters. The van der Waals surface area contributed by atoms with Crippen LogP contribution >= 0.6 is 25.3 Å². The van der Waals surface area contributed by atoms with Gasteiger partial charge < -0.3 is 26.4 Å². The first-order chi connectivity index (χ1) is 12.6. The predicted octanol–water partition coefficient (Wildman–Crippen LogP) is -1.13. The third kappa shape index (κ3) is 6.28. The maximum absolute atomic E-state index is 12.8. The smallest absolute Gasteiger partial charge is 0.326 e. The molecule has 5 N–H and O–H groups in total. The minimum atomic E-state index is -1.13. The average Bonchev–Trinajstić information content (AvgIpc) is 3.11. The zero-order chi connectivity index (χ0) is 20.7. The number of aliphatic carboxylic acids is 1. The van der Waals surface area contributed by atoms with Crippen molar-refractivity contribution >= 4 is 48.9 Å². The maximum atomic E-state index is 12.8. The normalized spacial score (nSPS) is 20.1. The molecule has 0 aromatic rings. The van der Waals surface area contributed by atoms with Crippen LogP contribution in [0.4, 0.5) is 0 Å². The van der Waals surface area contributed by atoms with E-state index in [4.69, 9.17) is 5.73 Å². The fraction of sp³-hybridized carbons (Fsp3) is 0.750. The largest absolute Gasteiger partial charge is 0.480 e. The van der Waals surface area contributed by atoms with Crippen molar-refractivity contribution < 1.29 is 24.3 Å². The first kappa shape index (κ1) is 23.6. The molecule has 0 radical (unpaired) electrons. The second-order valence-corrected chi connectivity index (χ2v) is 7.52. The Kier molecular flexibility index (Phi) is 9.40. The fourth-order valence-corrected chi connectivity index (χ4v) is 3.23. The summed E-state index contributed by atoms with van der Waals surface area (Å²) in [5.41, 5.74) is 5.60. The summed E-state index contributed by atoms with van der Waals surface area (Å²) in [5, 5.41) is 14.3. The topological polar surface area (TPSA) is 142 Å². The van der Waals surface area contributed by atoms with Crippen molar-refractivity contribution in [3.63, 3.8) is 0 Å². The lowest BCUT2D eigenvalue weighted by Crippen LogP contribution is -2.58. The number of amides is 3. The van der Waals surface area contributed by atoms with Gasteiger partial charge in [0.1, 0.15) is 18.1 Å². The van der Waals surface area contributed by atoms with Gasteiger partial charge in [-0.15, -0.1) is 0 Å². The van der Waals surface area contributed by atoms with Gasteiger partial charge in [0.05, 0.1) is 6.04 Å². The summed E-state index contributed by atoms with van der Waals surface area (Å²) in [6.07, 6.45) is 1.03. The van der Waals surface area contributed by atoms with Gasteiger partial charge in [-0.05, 0) is 18.8 Å². The number of carboxylic acids is 1. The van der Waals surface area contributed by atoms with Crippen molar-refractivity contribution in [2.75, 3.05) is 18.1 Å². The number of nitrogens with two attached hydrogens (primary N) is 1. The summed E-state index contributed by atoms with van der Waals surface area (Å²) in [5.74, 6) is -2.75. The lowest BCUT2D eigenvalue weighted by Gasteiger charge is -2.29. The Morgan fingerprint density at radius 2 is 1.81 bits per heavy atom. The van der Waals surface area contributed by atoms with Gasteiger partial charge in [-0.3, -0.25) is 14.4 Å². The van der Waals surface area contributed by atoms with Crippen LogP contribution in [0.25, 0.3) is 0 Å². The van der Waals surface area contributed by atoms with E-state index in [1.165, 1.54) is 4.90 Å². The third-order valence-electron chi connectivity index (χ3n) is 4.40. The number of nitrogens with zero attached hydrogens (tertiary/aromatic N) is 1. The highest BCUT2D eigenvalue weighted by Crippen LogP contribution is 2.19. The molecular weight excluding hydrogens is 392 g/mol. The molecule has 1 fully saturated rings. The summed E-state index contributed by atoms with van der Waals surface area (Å²) in [6.45, 7) is 3.72. The molecule has 0 aromatic heterocycles. The van der Waals surface area contributed by atoms with Crippen LogP contribution in [0.2, 0.25) is 0 Å². The van der Waals surface area contributed by atoms with Crippen molar-refractivity contribution in [2.45, 2.75) is 50.9 Å². The summed E-state index contributed by atoms with van der Waals surface area (Å²) >= 11 is 8.06. The quantitative estimate of drug-likeness (QED) is 0.261. The van der Waals surface area contributed by atoms with Gasteiger partial charge in [-0.2, -0.15) is 25.3 Å². The van der Waals surface area contributed by atoms with Crippen LogP contribution in [0.15, 0.2) is 0 Å². The Balaban J connectivity index is 2.84. The molecule has 9 nitrogen and oxygen atoms in total. The summed E-state index contributed by atoms with van der Waals surface area (Å²) < 4.78 is 0. The number of rotatable bonds is 9. The van der Waals surface area contributed by atoms with Crippen molar-refractivity contribution in [1.29, 1.82) is 0 Å². The molecule has 0 spiro atoms. The number of thiol groups is 2. The molecule has 1 heterocycles. The second-order valence-electron chi connectivity index (χ2n) is 6.79. The first-order valence-electron chi connectivity index (χ1n) is 8.75. The molecule has 1 rings (SSSR count). The third-order valence-corrected chi connectivity index (χ3v) is 5.16. The number of likely N-dealkylation sites (tertiary alicyclic amines) is 1. The van der Waals surface area contributed by atoms with E-state index in [9.17, 15) is 24.3 Å². The number of nitrogens with one attached hydrogen (secondary N) is 2. The van der Waals surface area contributed by atoms with Crippen molar-refractivity contribution in [2.24, 2.45) is 11.7 Å². The molecule has 154 valence electrons. The van der Waals surface area contributed by atoms with Gasteiger partial charge in [-0.1, -0.05) is 13.8 Å². The number of carboxylic acid groups (broad SMARTS) is 1. The van der Waals surface area contributed by atoms with Crippen LogP contribution in [0.3, 0.4) is 0 Å². The van der Waals surface area contributed by atoms with Crippen molar-refractivity contribution in [3.05, 3.63) is 0 Å². The minimum absolute atomic E-state index is 0.0401. The van der Waals surface area contributed by atoms with Gasteiger partial charge in [0.25, 0.3) is 0 Å². The molecule has 3 amide bonds. The maximum Gasteiger partial charge on any atom is 0.326 e. The Labute approximate surface area is 169 Å². The standard InChI is InChI=1S/C16H28N4O5S2/c1-8(2)12(16(24)25)19-14(22)11-4-3-5-20(11)15(23)10(7-27)18-13(21)9(17)6-26/h8-12,26-27H,3-7,17H2,1-2H3,(H,18,21)(H,19,22)(H,24,25). The minimum Gasteiger partial charge on any atom is -0.480 e. The highest BCUT2D eigenvalue weighted by Gasteiger charge is 2.39. The first-order valence-corrected chi connectivity index (χ1v) is 10.0. The van der Waals surface area contributed by atoms with E-state index in [-0.39, 0.29) is 17.4 Å². The van der Waals surface area contributed by atoms with Crippen LogP contribution in [-0.4, -0.2) is 75.9 Å². The van der Waals surface area contributed by atoms with E-state index in [0.717, 1.165) is 0 Å². The number of carbonyl (C=O) groups excluding carboxylic acids is 3. The van der Waals surface area contributed by atoms with Crippen LogP contribution in [0.5, 0.6) is 0 Å². The number of hydrogen-bond acceptors (Lipinski definition) is 7. The van der Waals surface area contributed by atoms with E-state index in [2.05, 4.69) is 35.9 Å². The lowest BCUT2D eigenvalue weighted by molar-refractivity contribution is -0.145. The monoisotopic (exact) mass is 420 g/mol. The van der Waals surface area contributed by atoms with Gasteiger partial charge in [0.15, 0.2) is 0 Å². The Morgan fingerprint density at radius 1 is 1.19 bits per heavy atom. The Bertz CT molecular complexity index is 575. The van der Waals surface area contributed by atoms with E-state index in [0.29, 0.717) is 19.4 Å². The summed E-state index contributed by atoms with van der Waals surface area (Å²) in [6, 6.07) is -3.61. The van der Waals surface area contributed by atoms with E-state index >= 15 is 0 Å². The van der Waals surface area contributed by atoms with Gasteiger partial charge in [0.2, 0.25) is 17.7 Å². The summed E-state index contributed by atoms with van der Waals surface area (Å²) in [4.78, 5) is 50.0. The van der Waals surface area contributed by atoms with Crippen LogP contribution in [0.1, 0.15) is 26.7 Å². The molecule has 11 heteroatoms. The molecule has 4 atom stereocenters. The van der Waals surface area contributed by atoms with E-state index in [1.807, 2.05) is 0 Å². The molecule has 0 saturated carbocycles. The van der Waals surface area contributed by atoms with Crippen LogP contribution in [0, 0.1) is 5.92 Å². The van der Waals surface area contributed by atoms with E-state index in [1.54, 1.807) is 13.8 Å². The van der Waals surface area contributed by atoms with E-state index < -0.39 is 47.9 Å².